The predicted octanol–water partition coefficient (Wildman–Crippen LogP) is 4.44. The minimum Gasteiger partial charge on any atom is -0.445 e. The quantitative estimate of drug-likeness (QED) is 0.600. The largest absolute Gasteiger partial charge is 0.445 e. The van der Waals surface area contributed by atoms with Crippen LogP contribution in [-0.2, 0) is 20.9 Å². The summed E-state index contributed by atoms with van der Waals surface area (Å²) in [6.07, 6.45) is 4.80. The molecule has 3 amide bonds. The minimum absolute atomic E-state index is 0.0448. The van der Waals surface area contributed by atoms with E-state index in [4.69, 9.17) is 9.73 Å². The number of nitrogens with zero attached hydrogens (tertiary/aromatic N) is 3. The summed E-state index contributed by atoms with van der Waals surface area (Å²) >= 11 is 0. The second-order valence-corrected chi connectivity index (χ2v) is 11.5. The Labute approximate surface area is 229 Å². The van der Waals surface area contributed by atoms with Crippen LogP contribution in [0.4, 0.5) is 10.5 Å². The zero-order valence-corrected chi connectivity index (χ0v) is 22.5. The van der Waals surface area contributed by atoms with Crippen molar-refractivity contribution < 1.29 is 19.1 Å². The molecule has 0 radical (unpaired) electrons. The van der Waals surface area contributed by atoms with Gasteiger partial charge in [-0.05, 0) is 68.4 Å². The van der Waals surface area contributed by atoms with E-state index in [9.17, 15) is 14.4 Å². The molecule has 2 saturated heterocycles. The highest BCUT2D eigenvalue weighted by atomic mass is 16.5. The molecule has 1 atom stereocenters. The van der Waals surface area contributed by atoms with Gasteiger partial charge in [0.15, 0.2) is 0 Å². The third-order valence-corrected chi connectivity index (χ3v) is 8.55. The van der Waals surface area contributed by atoms with Crippen molar-refractivity contribution in [2.24, 2.45) is 22.7 Å². The fraction of sp³-hybridized carbons (Fsp3) is 0.484. The number of carbonyl (C=O) groups excluding carboxylic acids is 3. The molecular weight excluding hydrogens is 492 g/mol. The lowest BCUT2D eigenvalue weighted by Crippen LogP contribution is -2.51. The predicted molar refractivity (Wildman–Crippen MR) is 148 cm³/mol. The Kier molecular flexibility index (Phi) is 7.11. The zero-order valence-electron chi connectivity index (χ0n) is 22.5. The normalized spacial score (nSPS) is 24.4. The number of anilines is 1. The first-order valence-electron chi connectivity index (χ1n) is 14.2. The number of carbonyl (C=O) groups is 3. The molecule has 1 unspecified atom stereocenters. The highest BCUT2D eigenvalue weighted by Crippen LogP contribution is 2.40. The van der Waals surface area contributed by atoms with Gasteiger partial charge in [-0.15, -0.1) is 0 Å². The molecule has 39 heavy (non-hydrogen) atoms. The number of fused-ring (bicyclic) bond motifs is 5. The van der Waals surface area contributed by atoms with E-state index < -0.39 is 18.2 Å². The molecule has 1 N–H and O–H groups in total. The van der Waals surface area contributed by atoms with Crippen LogP contribution >= 0.6 is 0 Å². The first-order valence-corrected chi connectivity index (χ1v) is 14.2. The van der Waals surface area contributed by atoms with Gasteiger partial charge >= 0.3 is 6.09 Å². The molecule has 2 aromatic rings. The molecule has 2 bridgehead atoms. The minimum atomic E-state index is -1.16. The number of aliphatic imine (C=N–C) groups is 1. The molecule has 8 heteroatoms. The lowest BCUT2D eigenvalue weighted by molar-refractivity contribution is -0.132. The summed E-state index contributed by atoms with van der Waals surface area (Å²) in [5, 5.41) is 2.70. The fourth-order valence-corrected chi connectivity index (χ4v) is 6.29. The lowest BCUT2D eigenvalue weighted by atomic mass is 9.84. The highest BCUT2D eigenvalue weighted by Gasteiger charge is 2.40. The van der Waals surface area contributed by atoms with Crippen molar-refractivity contribution in [1.82, 2.24) is 10.2 Å². The molecular formula is C31H36N4O4. The molecule has 7 rings (SSSR count). The molecule has 2 aromatic carbocycles. The van der Waals surface area contributed by atoms with E-state index in [0.717, 1.165) is 54.0 Å². The van der Waals surface area contributed by atoms with Gasteiger partial charge in [-0.3, -0.25) is 24.8 Å². The van der Waals surface area contributed by atoms with Gasteiger partial charge in [-0.2, -0.15) is 0 Å². The van der Waals surface area contributed by atoms with Gasteiger partial charge in [0.2, 0.25) is 12.1 Å². The maximum absolute atomic E-state index is 14.1. The van der Waals surface area contributed by atoms with E-state index in [1.807, 2.05) is 60.4 Å². The number of hydrogen-bond donors (Lipinski definition) is 1. The highest BCUT2D eigenvalue weighted by molar-refractivity contribution is 6.16. The van der Waals surface area contributed by atoms with Crippen LogP contribution in [0.15, 0.2) is 53.5 Å². The Morgan fingerprint density at radius 3 is 2.31 bits per heavy atom. The Balaban J connectivity index is 1.27. The van der Waals surface area contributed by atoms with E-state index in [1.165, 1.54) is 25.7 Å². The van der Waals surface area contributed by atoms with Gasteiger partial charge in [-0.25, -0.2) is 4.79 Å². The maximum Gasteiger partial charge on any atom is 0.409 e. The number of hydrogen-bond acceptors (Lipinski definition) is 5. The van der Waals surface area contributed by atoms with Crippen molar-refractivity contribution in [2.45, 2.75) is 58.2 Å². The van der Waals surface area contributed by atoms with Crippen molar-refractivity contribution in [3.05, 3.63) is 65.2 Å². The van der Waals surface area contributed by atoms with Crippen LogP contribution in [0.3, 0.4) is 0 Å². The first-order chi connectivity index (χ1) is 19.0. The number of ether oxygens (including phenoxy) is 1. The Morgan fingerprint density at radius 1 is 0.949 bits per heavy atom. The number of aryl methyl sites for hydroxylation is 1. The second kappa shape index (κ2) is 10.8. The summed E-state index contributed by atoms with van der Waals surface area (Å²) in [5.41, 5.74) is 4.17. The number of benzene rings is 2. The van der Waals surface area contributed by atoms with Gasteiger partial charge in [0.05, 0.1) is 11.4 Å². The third-order valence-electron chi connectivity index (χ3n) is 8.55. The second-order valence-electron chi connectivity index (χ2n) is 11.5. The van der Waals surface area contributed by atoms with Crippen molar-refractivity contribution in [1.29, 1.82) is 0 Å². The topological polar surface area (TPSA) is 91.3 Å². The third kappa shape index (κ3) is 5.56. The average molecular weight is 529 g/mol. The van der Waals surface area contributed by atoms with Crippen LogP contribution in [0, 0.1) is 24.7 Å². The number of benzodiazepines with no additional fused rings is 1. The van der Waals surface area contributed by atoms with Crippen molar-refractivity contribution in [3.63, 3.8) is 0 Å². The van der Waals surface area contributed by atoms with E-state index in [0.29, 0.717) is 11.8 Å². The summed E-state index contributed by atoms with van der Waals surface area (Å²) in [6.45, 7) is 3.50. The molecule has 2 saturated carbocycles. The van der Waals surface area contributed by atoms with Crippen LogP contribution in [-0.4, -0.2) is 54.3 Å². The van der Waals surface area contributed by atoms with Crippen LogP contribution < -0.4 is 10.2 Å². The molecule has 3 aliphatic heterocycles. The Bertz CT molecular complexity index is 1270. The van der Waals surface area contributed by atoms with Crippen LogP contribution in [0.25, 0.3) is 0 Å². The number of para-hydroxylation sites is 1. The number of alkyl carbamates (subject to hydrolysis) is 1. The molecule has 8 nitrogen and oxygen atoms in total. The Hall–Kier alpha value is -3.68. The smallest absolute Gasteiger partial charge is 0.409 e. The fourth-order valence-electron chi connectivity index (χ4n) is 6.29. The molecule has 0 aromatic heterocycles. The molecule has 3 heterocycles. The zero-order chi connectivity index (χ0) is 26.9. The number of rotatable bonds is 6. The van der Waals surface area contributed by atoms with Crippen LogP contribution in [0.1, 0.15) is 55.2 Å². The summed E-state index contributed by atoms with van der Waals surface area (Å²) in [4.78, 5) is 48.9. The average Bonchev–Trinajstić information content (AvgIpc) is 3.81. The molecule has 2 aliphatic carbocycles. The Morgan fingerprint density at radius 2 is 1.64 bits per heavy atom. The van der Waals surface area contributed by atoms with Gasteiger partial charge in [-0.1, -0.05) is 48.5 Å². The molecule has 0 spiro atoms. The van der Waals surface area contributed by atoms with E-state index in [-0.39, 0.29) is 25.0 Å². The lowest BCUT2D eigenvalue weighted by Gasteiger charge is -2.30. The van der Waals surface area contributed by atoms with Crippen molar-refractivity contribution >= 4 is 29.3 Å². The van der Waals surface area contributed by atoms with Crippen molar-refractivity contribution in [3.8, 4) is 0 Å². The van der Waals surface area contributed by atoms with Gasteiger partial charge in [0.25, 0.3) is 5.91 Å². The standard InChI is InChI=1S/C31H36N4O4/c1-20-6-5-9-25-27(24-14-15-24)32-29(33-31(38)39-19-23-7-3-2-4-8-23)30(37)35(28(20)25)18-26(36)34-16-21-10-11-22(17-34)13-12-21/h2-9,21-22,24,29H,10-19H2,1H3,(H,33,38). The summed E-state index contributed by atoms with van der Waals surface area (Å²) in [5.74, 6) is 0.862. The summed E-state index contributed by atoms with van der Waals surface area (Å²) in [7, 11) is 0. The van der Waals surface area contributed by atoms with E-state index in [1.54, 1.807) is 4.90 Å². The van der Waals surface area contributed by atoms with Crippen molar-refractivity contribution in [2.75, 3.05) is 24.5 Å². The monoisotopic (exact) mass is 528 g/mol. The van der Waals surface area contributed by atoms with E-state index >= 15 is 0 Å². The first kappa shape index (κ1) is 25.6. The number of amides is 3. The maximum atomic E-state index is 14.1. The SMILES string of the molecule is Cc1cccc2c1N(CC(=O)N1CC3CCC(CC3)C1)C(=O)C(NC(=O)OCc1ccccc1)N=C2C1CC1. The summed E-state index contributed by atoms with van der Waals surface area (Å²) < 4.78 is 5.42. The van der Waals surface area contributed by atoms with Gasteiger partial charge < -0.3 is 9.64 Å². The van der Waals surface area contributed by atoms with E-state index in [2.05, 4.69) is 5.32 Å². The van der Waals surface area contributed by atoms with Crippen LogP contribution in [0.2, 0.25) is 0 Å². The van der Waals surface area contributed by atoms with Gasteiger partial charge in [0.1, 0.15) is 13.2 Å². The summed E-state index contributed by atoms with van der Waals surface area (Å²) in [6, 6.07) is 15.3. The number of nitrogens with one attached hydrogen (secondary N) is 1. The molecule has 5 aliphatic rings. The van der Waals surface area contributed by atoms with Gasteiger partial charge in [0, 0.05) is 24.6 Å². The molecule has 4 fully saturated rings. The van der Waals surface area contributed by atoms with Crippen LogP contribution in [0.5, 0.6) is 0 Å². The molecule has 204 valence electrons.